The van der Waals surface area contributed by atoms with Crippen LogP contribution in [-0.4, -0.2) is 61.0 Å². The highest BCUT2D eigenvalue weighted by molar-refractivity contribution is 8.01. The lowest BCUT2D eigenvalue weighted by Crippen LogP contribution is -2.71. The number of hydrogen-bond acceptors (Lipinski definition) is 6. The van der Waals surface area contributed by atoms with Crippen molar-refractivity contribution < 1.29 is 24.3 Å². The molecule has 4 rings (SSSR count). The van der Waals surface area contributed by atoms with Crippen molar-refractivity contribution in [3.05, 3.63) is 64.6 Å². The zero-order chi connectivity index (χ0) is 24.6. The molecule has 0 saturated carbocycles. The van der Waals surface area contributed by atoms with E-state index in [2.05, 4.69) is 20.9 Å². The highest BCUT2D eigenvalue weighted by Crippen LogP contribution is 2.50. The number of rotatable bonds is 6. The highest BCUT2D eigenvalue weighted by Gasteiger charge is 2.64. The number of β-lactam (4-membered cyclic amide) rings is 1. The number of amides is 4. The number of anilines is 1. The van der Waals surface area contributed by atoms with Gasteiger partial charge in [0.1, 0.15) is 29.2 Å². The summed E-state index contributed by atoms with van der Waals surface area (Å²) in [5.41, 5.74) is 0.0496. The third-order valence-electron chi connectivity index (χ3n) is 5.72. The van der Waals surface area contributed by atoms with Gasteiger partial charge in [0.15, 0.2) is 0 Å². The molecule has 0 spiro atoms. The minimum Gasteiger partial charge on any atom is -0.480 e. The van der Waals surface area contributed by atoms with E-state index in [1.54, 1.807) is 44.2 Å². The number of urea groups is 1. The van der Waals surface area contributed by atoms with Gasteiger partial charge in [0.2, 0.25) is 17.2 Å². The molecule has 4 atom stereocenters. The summed E-state index contributed by atoms with van der Waals surface area (Å²) in [7, 11) is 0. The molecule has 0 aliphatic carbocycles. The molecule has 3 heterocycles. The van der Waals surface area contributed by atoms with E-state index in [1.807, 2.05) is 0 Å². The van der Waals surface area contributed by atoms with Gasteiger partial charge in [0, 0.05) is 23.2 Å². The number of benzene rings is 1. The van der Waals surface area contributed by atoms with Crippen molar-refractivity contribution in [2.24, 2.45) is 0 Å². The van der Waals surface area contributed by atoms with E-state index in [1.165, 1.54) is 35.1 Å². The molecule has 2 aromatic rings. The number of aliphatic carboxylic acids is 1. The third kappa shape index (κ3) is 4.23. The van der Waals surface area contributed by atoms with Crippen molar-refractivity contribution in [3.8, 4) is 0 Å². The smallest absolute Gasteiger partial charge is 0.327 e. The average molecular weight is 486 g/mol. The first-order valence-corrected chi connectivity index (χ1v) is 11.3. The molecule has 2 aliphatic heterocycles. The second-order valence-corrected chi connectivity index (χ2v) is 10.2. The fourth-order valence-corrected chi connectivity index (χ4v) is 5.76. The maximum absolute atomic E-state index is 13.2. The van der Waals surface area contributed by atoms with Crippen LogP contribution < -0.4 is 21.4 Å². The van der Waals surface area contributed by atoms with Crippen LogP contribution in [0.5, 0.6) is 0 Å². The summed E-state index contributed by atoms with van der Waals surface area (Å²) in [5.74, 6) is -2.23. The predicted molar refractivity (Wildman–Crippen MR) is 124 cm³/mol. The molecule has 34 heavy (non-hydrogen) atoms. The van der Waals surface area contributed by atoms with Gasteiger partial charge in [0.25, 0.3) is 0 Å². The van der Waals surface area contributed by atoms with Gasteiger partial charge in [-0.05, 0) is 19.4 Å². The molecular formula is C22H23N5O6S. The quantitative estimate of drug-likeness (QED) is 0.379. The van der Waals surface area contributed by atoms with Gasteiger partial charge in [-0.1, -0.05) is 30.3 Å². The largest absolute Gasteiger partial charge is 0.480 e. The molecule has 0 radical (unpaired) electrons. The summed E-state index contributed by atoms with van der Waals surface area (Å²) in [6, 6.07) is 5.79. The van der Waals surface area contributed by atoms with E-state index in [-0.39, 0.29) is 5.69 Å². The second-order valence-electron chi connectivity index (χ2n) is 8.45. The number of thioether (sulfide) groups is 1. The van der Waals surface area contributed by atoms with Crippen molar-refractivity contribution in [1.29, 1.82) is 0 Å². The lowest BCUT2D eigenvalue weighted by Gasteiger charge is -2.44. The Morgan fingerprint density at radius 1 is 1.15 bits per heavy atom. The monoisotopic (exact) mass is 485 g/mol. The van der Waals surface area contributed by atoms with Crippen LogP contribution in [0.2, 0.25) is 0 Å². The van der Waals surface area contributed by atoms with Crippen molar-refractivity contribution >= 4 is 41.3 Å². The minimum atomic E-state index is -1.17. The van der Waals surface area contributed by atoms with E-state index in [0.29, 0.717) is 5.56 Å². The Morgan fingerprint density at radius 3 is 2.50 bits per heavy atom. The number of fused-ring (bicyclic) bond motifs is 1. The molecule has 11 nitrogen and oxygen atoms in total. The number of nitrogens with zero attached hydrogens (tertiary/aromatic N) is 1. The lowest BCUT2D eigenvalue weighted by atomic mass is 9.95. The van der Waals surface area contributed by atoms with Crippen LogP contribution >= 0.6 is 11.8 Å². The zero-order valence-electron chi connectivity index (χ0n) is 18.3. The van der Waals surface area contributed by atoms with Crippen molar-refractivity contribution in [2.45, 2.75) is 42.1 Å². The Kier molecular flexibility index (Phi) is 6.09. The van der Waals surface area contributed by atoms with E-state index in [9.17, 15) is 29.1 Å². The summed E-state index contributed by atoms with van der Waals surface area (Å²) >= 11 is 1.30. The molecule has 1 aromatic carbocycles. The molecule has 0 bridgehead atoms. The SMILES string of the molecule is CC1(C)SC2C(NC(=O)C(NC(=O)Nc3c[nH]ccc3=O)c3ccccc3)C(=O)N2C1C(=O)O. The predicted octanol–water partition coefficient (Wildman–Crippen LogP) is 0.869. The number of carbonyl (C=O) groups excluding carboxylic acids is 3. The number of pyridine rings is 1. The van der Waals surface area contributed by atoms with Crippen LogP contribution in [0.15, 0.2) is 53.6 Å². The normalized spacial score (nSPS) is 23.3. The first-order chi connectivity index (χ1) is 16.1. The fraction of sp³-hybridized carbons (Fsp3) is 0.318. The van der Waals surface area contributed by atoms with E-state index in [4.69, 9.17) is 0 Å². The fourth-order valence-electron chi connectivity index (χ4n) is 4.13. The molecular weight excluding hydrogens is 462 g/mol. The standard InChI is InChI=1S/C22H23N5O6S/c1-22(2)16(20(31)32)27-18(30)15(19(27)34-22)25-17(29)14(11-6-4-3-5-7-11)26-21(33)24-12-10-23-9-8-13(12)28/h3-10,14-16,19H,1-2H3,(H,23,28)(H,25,29)(H,31,32)(H2,24,26,33). The molecule has 2 aliphatic rings. The minimum absolute atomic E-state index is 0.00123. The van der Waals surface area contributed by atoms with Gasteiger partial charge in [-0.3, -0.25) is 14.4 Å². The molecule has 178 valence electrons. The summed E-state index contributed by atoms with van der Waals surface area (Å²) in [5, 5.41) is 16.6. The molecule has 4 unspecified atom stereocenters. The Balaban J connectivity index is 1.51. The maximum Gasteiger partial charge on any atom is 0.327 e. The third-order valence-corrected chi connectivity index (χ3v) is 7.29. The number of carboxylic acids is 1. The number of H-pyrrole nitrogens is 1. The van der Waals surface area contributed by atoms with Gasteiger partial charge >= 0.3 is 12.0 Å². The average Bonchev–Trinajstić information content (AvgIpc) is 3.05. The van der Waals surface area contributed by atoms with Gasteiger partial charge in [-0.2, -0.15) is 0 Å². The summed E-state index contributed by atoms with van der Waals surface area (Å²) in [6.45, 7) is 3.48. The topological polar surface area (TPSA) is 161 Å². The van der Waals surface area contributed by atoms with Gasteiger partial charge < -0.3 is 30.9 Å². The number of carboxylic acid groups (broad SMARTS) is 1. The van der Waals surface area contributed by atoms with Crippen LogP contribution in [0.4, 0.5) is 10.5 Å². The first-order valence-electron chi connectivity index (χ1n) is 10.4. The summed E-state index contributed by atoms with van der Waals surface area (Å²) < 4.78 is -0.731. The van der Waals surface area contributed by atoms with E-state index < -0.39 is 57.5 Å². The van der Waals surface area contributed by atoms with Crippen LogP contribution in [0.25, 0.3) is 0 Å². The summed E-state index contributed by atoms with van der Waals surface area (Å²) in [6.07, 6.45) is 2.74. The van der Waals surface area contributed by atoms with Crippen molar-refractivity contribution in [1.82, 2.24) is 20.5 Å². The van der Waals surface area contributed by atoms with Gasteiger partial charge in [-0.15, -0.1) is 11.8 Å². The zero-order valence-corrected chi connectivity index (χ0v) is 19.1. The van der Waals surface area contributed by atoms with Crippen LogP contribution in [-0.2, 0) is 14.4 Å². The number of carbonyl (C=O) groups is 4. The van der Waals surface area contributed by atoms with Crippen LogP contribution in [0, 0.1) is 0 Å². The number of aromatic nitrogens is 1. The van der Waals surface area contributed by atoms with Gasteiger partial charge in [-0.25, -0.2) is 9.59 Å². The Hall–Kier alpha value is -3.80. The van der Waals surface area contributed by atoms with Crippen LogP contribution in [0.1, 0.15) is 25.5 Å². The molecule has 12 heteroatoms. The molecule has 2 fully saturated rings. The van der Waals surface area contributed by atoms with E-state index >= 15 is 0 Å². The van der Waals surface area contributed by atoms with Gasteiger partial charge in [0.05, 0.1) is 0 Å². The maximum atomic E-state index is 13.2. The Morgan fingerprint density at radius 2 is 1.85 bits per heavy atom. The molecule has 1 aromatic heterocycles. The summed E-state index contributed by atoms with van der Waals surface area (Å²) in [4.78, 5) is 66.0. The number of aromatic amines is 1. The molecule has 4 amide bonds. The van der Waals surface area contributed by atoms with Crippen molar-refractivity contribution in [3.63, 3.8) is 0 Å². The number of nitrogens with one attached hydrogen (secondary N) is 4. The highest BCUT2D eigenvalue weighted by atomic mass is 32.2. The first kappa shape index (κ1) is 23.4. The Labute approximate surface area is 198 Å². The van der Waals surface area contributed by atoms with Crippen molar-refractivity contribution in [2.75, 3.05) is 5.32 Å². The molecule has 2 saturated heterocycles. The number of hydrogen-bond donors (Lipinski definition) is 5. The Bertz CT molecular complexity index is 1200. The van der Waals surface area contributed by atoms with E-state index in [0.717, 1.165) is 0 Å². The lowest BCUT2D eigenvalue weighted by molar-refractivity contribution is -0.161. The second kappa shape index (κ2) is 8.86. The molecule has 5 N–H and O–H groups in total. The van der Waals surface area contributed by atoms with Crippen LogP contribution in [0.3, 0.4) is 0 Å².